The summed E-state index contributed by atoms with van der Waals surface area (Å²) in [6, 6.07) is 0. The summed E-state index contributed by atoms with van der Waals surface area (Å²) in [7, 11) is 0. The highest BCUT2D eigenvalue weighted by Gasteiger charge is 2.58. The number of Topliss-reactive ketones (excluding diaryl/α,β-unsaturated/α-hetero) is 2. The molecule has 0 aromatic heterocycles. The number of aliphatic hydroxyl groups is 1. The highest BCUT2D eigenvalue weighted by Crippen LogP contribution is 2.59. The molecule has 0 spiro atoms. The van der Waals surface area contributed by atoms with E-state index in [1.165, 1.54) is 0 Å². The van der Waals surface area contributed by atoms with E-state index < -0.39 is 5.60 Å². The quantitative estimate of drug-likeness (QED) is 0.851. The third-order valence-electron chi connectivity index (χ3n) is 5.91. The van der Waals surface area contributed by atoms with Crippen LogP contribution in [0.1, 0.15) is 65.7 Å². The van der Waals surface area contributed by atoms with Crippen LogP contribution in [0, 0.1) is 17.3 Å². The van der Waals surface area contributed by atoms with Crippen molar-refractivity contribution < 1.29 is 14.7 Å². The largest absolute Gasteiger partial charge is 0.390 e. The van der Waals surface area contributed by atoms with Gasteiger partial charge >= 0.3 is 0 Å². The van der Waals surface area contributed by atoms with Gasteiger partial charge in [-0.2, -0.15) is 0 Å². The lowest BCUT2D eigenvalue weighted by Gasteiger charge is -2.47. The van der Waals surface area contributed by atoms with Crippen LogP contribution in [0.25, 0.3) is 0 Å². The second kappa shape index (κ2) is 5.01. The molecule has 19 heavy (non-hydrogen) atoms. The Balaban J connectivity index is 2.14. The SMILES string of the molecule is CCC(=O)CCC1C(=O)CC[C@@]2(C)[C@H]1CC[C@]2(C)O. The molecule has 3 nitrogen and oxygen atoms in total. The highest BCUT2D eigenvalue weighted by molar-refractivity contribution is 5.84. The summed E-state index contributed by atoms with van der Waals surface area (Å²) in [5.74, 6) is 0.797. The average Bonchev–Trinajstić information content (AvgIpc) is 2.60. The molecular formula is C16H26O3. The molecule has 2 aliphatic rings. The molecule has 2 fully saturated rings. The van der Waals surface area contributed by atoms with Crippen LogP contribution in [-0.4, -0.2) is 22.3 Å². The lowest BCUT2D eigenvalue weighted by Crippen LogP contribution is -2.49. The Hall–Kier alpha value is -0.700. The maximum absolute atomic E-state index is 12.2. The normalized spacial score (nSPS) is 42.2. The molecule has 4 atom stereocenters. The van der Waals surface area contributed by atoms with Gasteiger partial charge in [0.1, 0.15) is 11.6 Å². The number of carbonyl (C=O) groups is 2. The van der Waals surface area contributed by atoms with Crippen LogP contribution in [0.5, 0.6) is 0 Å². The summed E-state index contributed by atoms with van der Waals surface area (Å²) in [4.78, 5) is 23.7. The zero-order valence-corrected chi connectivity index (χ0v) is 12.4. The molecule has 2 rings (SSSR count). The Kier molecular flexibility index (Phi) is 3.87. The summed E-state index contributed by atoms with van der Waals surface area (Å²) in [6.07, 6.45) is 4.81. The summed E-state index contributed by atoms with van der Waals surface area (Å²) >= 11 is 0. The van der Waals surface area contributed by atoms with Gasteiger partial charge in [0, 0.05) is 25.2 Å². The van der Waals surface area contributed by atoms with Gasteiger partial charge in [0.05, 0.1) is 5.60 Å². The van der Waals surface area contributed by atoms with Crippen LogP contribution in [0.3, 0.4) is 0 Å². The van der Waals surface area contributed by atoms with E-state index in [0.717, 1.165) is 19.3 Å². The fourth-order valence-corrected chi connectivity index (χ4v) is 4.19. The Morgan fingerprint density at radius 1 is 1.37 bits per heavy atom. The Labute approximate surface area is 115 Å². The van der Waals surface area contributed by atoms with Crippen LogP contribution in [0.15, 0.2) is 0 Å². The van der Waals surface area contributed by atoms with Crippen molar-refractivity contribution in [2.45, 2.75) is 71.3 Å². The number of hydrogen-bond donors (Lipinski definition) is 1. The molecule has 2 aliphatic carbocycles. The van der Waals surface area contributed by atoms with Crippen LogP contribution in [0.4, 0.5) is 0 Å². The summed E-state index contributed by atoms with van der Waals surface area (Å²) < 4.78 is 0. The molecule has 0 heterocycles. The van der Waals surface area contributed by atoms with Crippen LogP contribution in [-0.2, 0) is 9.59 Å². The molecule has 0 saturated heterocycles. The van der Waals surface area contributed by atoms with Gasteiger partial charge in [-0.05, 0) is 43.9 Å². The standard InChI is InChI=1S/C16H26O3/c1-4-11(17)5-6-12-13-7-10-16(3,19)15(13,2)9-8-14(12)18/h12-13,19H,4-10H2,1-3H3/t12?,13-,15-,16-/m0/s1. The minimum absolute atomic E-state index is 0.0109. The number of fused-ring (bicyclic) bond motifs is 1. The topological polar surface area (TPSA) is 54.4 Å². The van der Waals surface area contributed by atoms with Crippen molar-refractivity contribution in [1.82, 2.24) is 0 Å². The van der Waals surface area contributed by atoms with E-state index >= 15 is 0 Å². The van der Waals surface area contributed by atoms with Crippen molar-refractivity contribution in [1.29, 1.82) is 0 Å². The second-order valence-electron chi connectivity index (χ2n) is 6.84. The number of ketones is 2. The van der Waals surface area contributed by atoms with Crippen LogP contribution < -0.4 is 0 Å². The molecule has 2 saturated carbocycles. The van der Waals surface area contributed by atoms with Crippen molar-refractivity contribution in [3.05, 3.63) is 0 Å². The maximum atomic E-state index is 12.2. The Bertz CT molecular complexity index is 385. The Morgan fingerprint density at radius 3 is 2.68 bits per heavy atom. The van der Waals surface area contributed by atoms with Gasteiger partial charge in [0.15, 0.2) is 0 Å². The van der Waals surface area contributed by atoms with E-state index in [-0.39, 0.29) is 23.0 Å². The van der Waals surface area contributed by atoms with E-state index in [9.17, 15) is 14.7 Å². The molecular weight excluding hydrogens is 240 g/mol. The summed E-state index contributed by atoms with van der Waals surface area (Å²) in [5, 5.41) is 10.6. The minimum Gasteiger partial charge on any atom is -0.390 e. The molecule has 0 radical (unpaired) electrons. The molecule has 0 bridgehead atoms. The van der Waals surface area contributed by atoms with Gasteiger partial charge in [-0.25, -0.2) is 0 Å². The fraction of sp³-hybridized carbons (Fsp3) is 0.875. The van der Waals surface area contributed by atoms with Gasteiger partial charge < -0.3 is 5.11 Å². The van der Waals surface area contributed by atoms with Crippen LogP contribution in [0.2, 0.25) is 0 Å². The lowest BCUT2D eigenvalue weighted by molar-refractivity contribution is -0.139. The number of hydrogen-bond acceptors (Lipinski definition) is 3. The van der Waals surface area contributed by atoms with Gasteiger partial charge in [0.25, 0.3) is 0 Å². The smallest absolute Gasteiger partial charge is 0.136 e. The third kappa shape index (κ3) is 2.37. The molecule has 1 unspecified atom stereocenters. The first-order chi connectivity index (χ1) is 8.82. The molecule has 0 aliphatic heterocycles. The summed E-state index contributed by atoms with van der Waals surface area (Å²) in [5.41, 5.74) is -0.813. The van der Waals surface area contributed by atoms with E-state index in [4.69, 9.17) is 0 Å². The summed E-state index contributed by atoms with van der Waals surface area (Å²) in [6.45, 7) is 5.91. The first-order valence-electron chi connectivity index (χ1n) is 7.58. The average molecular weight is 266 g/mol. The highest BCUT2D eigenvalue weighted by atomic mass is 16.3. The number of carbonyl (C=O) groups excluding carboxylic acids is 2. The van der Waals surface area contributed by atoms with Crippen molar-refractivity contribution in [2.75, 3.05) is 0 Å². The number of rotatable bonds is 4. The lowest BCUT2D eigenvalue weighted by atomic mass is 9.59. The van der Waals surface area contributed by atoms with Crippen molar-refractivity contribution >= 4 is 11.6 Å². The van der Waals surface area contributed by atoms with E-state index in [1.54, 1.807) is 0 Å². The van der Waals surface area contributed by atoms with Gasteiger partial charge in [-0.1, -0.05) is 13.8 Å². The van der Waals surface area contributed by atoms with Crippen molar-refractivity contribution in [3.8, 4) is 0 Å². The fourth-order valence-electron chi connectivity index (χ4n) is 4.19. The van der Waals surface area contributed by atoms with Crippen LogP contribution >= 0.6 is 0 Å². The van der Waals surface area contributed by atoms with Gasteiger partial charge in [-0.3, -0.25) is 9.59 Å². The van der Waals surface area contributed by atoms with Gasteiger partial charge in [-0.15, -0.1) is 0 Å². The predicted octanol–water partition coefficient (Wildman–Crippen LogP) is 2.89. The van der Waals surface area contributed by atoms with E-state index in [2.05, 4.69) is 6.92 Å². The minimum atomic E-state index is -0.661. The van der Waals surface area contributed by atoms with E-state index in [1.807, 2.05) is 13.8 Å². The zero-order chi connectivity index (χ0) is 14.3. The zero-order valence-electron chi connectivity index (χ0n) is 12.4. The molecule has 0 aromatic carbocycles. The molecule has 1 N–H and O–H groups in total. The molecule has 108 valence electrons. The first kappa shape index (κ1) is 14.7. The van der Waals surface area contributed by atoms with Crippen molar-refractivity contribution in [3.63, 3.8) is 0 Å². The molecule has 0 amide bonds. The van der Waals surface area contributed by atoms with Gasteiger partial charge in [0.2, 0.25) is 0 Å². The van der Waals surface area contributed by atoms with Crippen molar-refractivity contribution in [2.24, 2.45) is 17.3 Å². The second-order valence-corrected chi connectivity index (χ2v) is 6.84. The monoisotopic (exact) mass is 266 g/mol. The molecule has 3 heteroatoms. The molecule has 0 aromatic rings. The third-order valence-corrected chi connectivity index (χ3v) is 5.91. The maximum Gasteiger partial charge on any atom is 0.136 e. The first-order valence-corrected chi connectivity index (χ1v) is 7.58. The Morgan fingerprint density at radius 2 is 2.05 bits per heavy atom. The predicted molar refractivity (Wildman–Crippen MR) is 73.7 cm³/mol. The van der Waals surface area contributed by atoms with E-state index in [0.29, 0.717) is 31.5 Å².